The molecule has 0 atom stereocenters. The van der Waals surface area contributed by atoms with E-state index in [1.54, 1.807) is 24.3 Å². The van der Waals surface area contributed by atoms with E-state index in [1.165, 1.54) is 28.6 Å². The third-order valence-corrected chi connectivity index (χ3v) is 7.20. The lowest BCUT2D eigenvalue weighted by atomic mass is 10.1. The summed E-state index contributed by atoms with van der Waals surface area (Å²) in [6.07, 6.45) is 7.36. The summed E-state index contributed by atoms with van der Waals surface area (Å²) in [5.41, 5.74) is 0.881. The van der Waals surface area contributed by atoms with Gasteiger partial charge in [-0.1, -0.05) is 54.3 Å². The molecule has 2 aromatic rings. The maximum absolute atomic E-state index is 12.9. The Labute approximate surface area is 205 Å². The van der Waals surface area contributed by atoms with Crippen molar-refractivity contribution < 1.29 is 17.9 Å². The number of hydrogen-bond donors (Lipinski definition) is 1. The normalized spacial score (nSPS) is 11.2. The van der Waals surface area contributed by atoms with Gasteiger partial charge in [0.15, 0.2) is 0 Å². The minimum atomic E-state index is -3.70. The van der Waals surface area contributed by atoms with Crippen molar-refractivity contribution in [3.05, 3.63) is 77.8 Å². The topological polar surface area (TPSA) is 75.7 Å². The van der Waals surface area contributed by atoms with Crippen LogP contribution in [0.1, 0.15) is 43.0 Å². The first-order valence-electron chi connectivity index (χ1n) is 10.9. The van der Waals surface area contributed by atoms with Crippen molar-refractivity contribution in [1.29, 1.82) is 0 Å². The summed E-state index contributed by atoms with van der Waals surface area (Å²) in [7, 11) is -3.70. The molecule has 6 nitrogen and oxygen atoms in total. The first kappa shape index (κ1) is 26.8. The average Bonchev–Trinajstić information content (AvgIpc) is 2.80. The van der Waals surface area contributed by atoms with Crippen LogP contribution in [0.4, 0.5) is 5.69 Å². The molecule has 0 aliphatic rings. The molecule has 0 aromatic heterocycles. The molecule has 0 heterocycles. The van der Waals surface area contributed by atoms with E-state index in [1.807, 2.05) is 6.07 Å². The van der Waals surface area contributed by atoms with Gasteiger partial charge >= 0.3 is 0 Å². The summed E-state index contributed by atoms with van der Waals surface area (Å²) in [4.78, 5) is 13.0. The Bertz CT molecular complexity index is 1040. The highest BCUT2D eigenvalue weighted by Gasteiger charge is 2.22. The smallest absolute Gasteiger partial charge is 0.259 e. The number of ether oxygens (including phenoxy) is 1. The van der Waals surface area contributed by atoms with Crippen LogP contribution in [0.2, 0.25) is 0 Å². The fourth-order valence-electron chi connectivity index (χ4n) is 3.13. The summed E-state index contributed by atoms with van der Waals surface area (Å²) < 4.78 is 33.6. The number of nitrogens with zero attached hydrogens (tertiary/aromatic N) is 1. The van der Waals surface area contributed by atoms with Gasteiger partial charge in [0.05, 0.1) is 17.1 Å². The van der Waals surface area contributed by atoms with Crippen molar-refractivity contribution in [2.45, 2.75) is 37.5 Å². The van der Waals surface area contributed by atoms with Gasteiger partial charge in [0, 0.05) is 23.2 Å². The zero-order chi connectivity index (χ0) is 24.3. The summed E-state index contributed by atoms with van der Waals surface area (Å²) >= 11 is 3.40. The van der Waals surface area contributed by atoms with Crippen molar-refractivity contribution in [3.8, 4) is 5.75 Å². The van der Waals surface area contributed by atoms with Gasteiger partial charge in [0.2, 0.25) is 10.0 Å². The molecule has 33 heavy (non-hydrogen) atoms. The van der Waals surface area contributed by atoms with Gasteiger partial charge in [0.25, 0.3) is 5.91 Å². The molecule has 0 spiro atoms. The van der Waals surface area contributed by atoms with Gasteiger partial charge in [-0.15, -0.1) is 13.2 Å². The fraction of sp³-hybridized carbons (Fsp3) is 0.320. The Kier molecular flexibility index (Phi) is 10.8. The van der Waals surface area contributed by atoms with Crippen LogP contribution in [0.5, 0.6) is 5.75 Å². The minimum Gasteiger partial charge on any atom is -0.493 e. The second-order valence-electron chi connectivity index (χ2n) is 7.43. The number of hydrogen-bond acceptors (Lipinski definition) is 4. The second kappa shape index (κ2) is 13.3. The Hall–Kier alpha value is -2.42. The van der Waals surface area contributed by atoms with E-state index in [9.17, 15) is 13.2 Å². The third kappa shape index (κ3) is 7.84. The Morgan fingerprint density at radius 1 is 1.06 bits per heavy atom. The lowest BCUT2D eigenvalue weighted by Gasteiger charge is -2.19. The van der Waals surface area contributed by atoms with Crippen LogP contribution >= 0.6 is 15.9 Å². The zero-order valence-electron chi connectivity index (χ0n) is 18.9. The van der Waals surface area contributed by atoms with Crippen molar-refractivity contribution in [1.82, 2.24) is 4.31 Å². The third-order valence-electron chi connectivity index (χ3n) is 4.86. The molecule has 1 N–H and O–H groups in total. The minimum absolute atomic E-state index is 0.128. The first-order chi connectivity index (χ1) is 15.8. The number of sulfonamides is 1. The number of anilines is 1. The van der Waals surface area contributed by atoms with Crippen LogP contribution in [0.3, 0.4) is 0 Å². The summed E-state index contributed by atoms with van der Waals surface area (Å²) in [5.74, 6) is 0.172. The van der Waals surface area contributed by atoms with E-state index >= 15 is 0 Å². The largest absolute Gasteiger partial charge is 0.493 e. The fourth-order valence-corrected chi connectivity index (χ4v) is 4.88. The molecule has 0 saturated carbocycles. The van der Waals surface area contributed by atoms with Crippen molar-refractivity contribution in [3.63, 3.8) is 0 Å². The van der Waals surface area contributed by atoms with Gasteiger partial charge < -0.3 is 10.1 Å². The van der Waals surface area contributed by atoms with E-state index in [2.05, 4.69) is 41.3 Å². The van der Waals surface area contributed by atoms with Crippen molar-refractivity contribution in [2.24, 2.45) is 0 Å². The van der Waals surface area contributed by atoms with Crippen LogP contribution in [-0.2, 0) is 10.0 Å². The van der Waals surface area contributed by atoms with Crippen molar-refractivity contribution >= 4 is 37.5 Å². The highest BCUT2D eigenvalue weighted by molar-refractivity contribution is 9.10. The molecule has 1 amide bonds. The Morgan fingerprint density at radius 3 is 2.33 bits per heavy atom. The first-order valence-corrected chi connectivity index (χ1v) is 13.1. The van der Waals surface area contributed by atoms with Gasteiger partial charge in [-0.25, -0.2) is 8.42 Å². The van der Waals surface area contributed by atoms with E-state index in [0.717, 1.165) is 30.2 Å². The van der Waals surface area contributed by atoms with E-state index in [4.69, 9.17) is 4.74 Å². The number of carbonyl (C=O) groups excluding carboxylic acids is 1. The molecule has 178 valence electrons. The lowest BCUT2D eigenvalue weighted by Crippen LogP contribution is -2.31. The lowest BCUT2D eigenvalue weighted by molar-refractivity contribution is 0.102. The SMILES string of the molecule is C=CCN(CC=C)S(=O)(=O)c1ccc(NC(=O)c2cc(Br)ccc2OCCCCCC)cc1. The number of unbranched alkanes of at least 4 members (excludes halogenated alkanes) is 3. The van der Waals surface area contributed by atoms with Crippen LogP contribution in [0.25, 0.3) is 0 Å². The van der Waals surface area contributed by atoms with Gasteiger partial charge in [-0.3, -0.25) is 4.79 Å². The van der Waals surface area contributed by atoms with Crippen LogP contribution in [0, 0.1) is 0 Å². The Morgan fingerprint density at radius 2 is 1.73 bits per heavy atom. The van der Waals surface area contributed by atoms with Gasteiger partial charge in [-0.2, -0.15) is 4.31 Å². The quantitative estimate of drug-likeness (QED) is 0.237. The molecule has 0 fully saturated rings. The maximum atomic E-state index is 12.9. The highest BCUT2D eigenvalue weighted by atomic mass is 79.9. The molecule has 0 unspecified atom stereocenters. The molecule has 0 aliphatic heterocycles. The number of carbonyl (C=O) groups is 1. The number of benzene rings is 2. The van der Waals surface area contributed by atoms with E-state index in [-0.39, 0.29) is 23.9 Å². The summed E-state index contributed by atoms with van der Waals surface area (Å²) in [5, 5.41) is 2.81. The second-order valence-corrected chi connectivity index (χ2v) is 10.3. The number of amides is 1. The van der Waals surface area contributed by atoms with Crippen LogP contribution < -0.4 is 10.1 Å². The standard InChI is InChI=1S/C25H31BrN2O4S/c1-4-7-8-9-18-32-24-15-10-20(26)19-23(24)25(29)27-21-11-13-22(14-12-21)33(30,31)28(16-5-2)17-6-3/h5-6,10-15,19H,2-4,7-9,16-18H2,1H3,(H,27,29). The van der Waals surface area contributed by atoms with Gasteiger partial charge in [0.1, 0.15) is 5.75 Å². The molecule has 0 saturated heterocycles. The summed E-state index contributed by atoms with van der Waals surface area (Å²) in [6, 6.07) is 11.4. The zero-order valence-corrected chi connectivity index (χ0v) is 21.3. The highest BCUT2D eigenvalue weighted by Crippen LogP contribution is 2.25. The molecule has 0 bridgehead atoms. The average molecular weight is 536 g/mol. The van der Waals surface area contributed by atoms with Crippen LogP contribution in [-0.4, -0.2) is 38.3 Å². The number of rotatable bonds is 14. The molecule has 2 aromatic carbocycles. The number of halogens is 1. The number of nitrogens with one attached hydrogen (secondary N) is 1. The van der Waals surface area contributed by atoms with Crippen molar-refractivity contribution in [2.75, 3.05) is 25.0 Å². The molecular weight excluding hydrogens is 504 g/mol. The van der Waals surface area contributed by atoms with E-state index < -0.39 is 10.0 Å². The van der Waals surface area contributed by atoms with Crippen LogP contribution in [0.15, 0.2) is 77.1 Å². The Balaban J connectivity index is 2.14. The molecule has 8 heteroatoms. The molecule has 0 aliphatic carbocycles. The summed E-state index contributed by atoms with van der Waals surface area (Å²) in [6.45, 7) is 10.3. The monoisotopic (exact) mass is 534 g/mol. The molecular formula is C25H31BrN2O4S. The molecule has 2 rings (SSSR count). The predicted molar refractivity (Wildman–Crippen MR) is 137 cm³/mol. The predicted octanol–water partition coefficient (Wildman–Crippen LogP) is 6.02. The molecule has 0 radical (unpaired) electrons. The maximum Gasteiger partial charge on any atom is 0.259 e. The van der Waals surface area contributed by atoms with Gasteiger partial charge in [-0.05, 0) is 48.9 Å². The van der Waals surface area contributed by atoms with E-state index in [0.29, 0.717) is 23.6 Å².